The Labute approximate surface area is 94.4 Å². The van der Waals surface area contributed by atoms with E-state index in [-0.39, 0.29) is 0 Å². The lowest BCUT2D eigenvalue weighted by Gasteiger charge is -1.86. The van der Waals surface area contributed by atoms with Crippen LogP contribution < -0.4 is 0 Å². The van der Waals surface area contributed by atoms with Crippen molar-refractivity contribution in [1.29, 1.82) is 0 Å². The fourth-order valence-electron chi connectivity index (χ4n) is 0.500. The van der Waals surface area contributed by atoms with Crippen LogP contribution >= 0.6 is 15.6 Å². The predicted molar refractivity (Wildman–Crippen MR) is 58.3 cm³/mol. The molecule has 0 aliphatic carbocycles. The van der Waals surface area contributed by atoms with Crippen molar-refractivity contribution in [3.8, 4) is 0 Å². The zero-order valence-corrected chi connectivity index (χ0v) is 11.0. The maximum atomic E-state index is 8.88. The molecule has 102 valence electrons. The molecule has 0 aromatic heterocycles. The van der Waals surface area contributed by atoms with Gasteiger partial charge in [-0.25, -0.2) is 9.13 Å². The summed E-state index contributed by atoms with van der Waals surface area (Å²) in [6, 6.07) is 0. The minimum atomic E-state index is -4.64. The summed E-state index contributed by atoms with van der Waals surface area (Å²) in [6.07, 6.45) is 5.54. The van der Waals surface area contributed by atoms with Crippen molar-refractivity contribution in [2.24, 2.45) is 0 Å². The number of hydrogen-bond donors (Lipinski definition) is 6. The Bertz CT molecular complexity index is 178. The van der Waals surface area contributed by atoms with E-state index in [0.717, 1.165) is 0 Å². The molecule has 0 saturated heterocycles. The van der Waals surface area contributed by atoms with E-state index in [9.17, 15) is 0 Å². The SMILES string of the molecule is CCCCCC.O=P(O)(O)O.O=P(O)(O)O. The standard InChI is InChI=1S/C6H14.2H3O4P/c1-3-5-6-4-2;2*1-5(2,3)4/h3-6H2,1-2H3;2*(H3,1,2,3,4). The van der Waals surface area contributed by atoms with Crippen LogP contribution in [0, 0.1) is 0 Å². The lowest BCUT2D eigenvalue weighted by atomic mass is 10.2. The zero-order valence-electron chi connectivity index (χ0n) is 9.22. The van der Waals surface area contributed by atoms with Crippen molar-refractivity contribution in [3.05, 3.63) is 0 Å². The van der Waals surface area contributed by atoms with Gasteiger partial charge in [0.05, 0.1) is 0 Å². The van der Waals surface area contributed by atoms with Gasteiger partial charge in [0.15, 0.2) is 0 Å². The van der Waals surface area contributed by atoms with Gasteiger partial charge in [0.1, 0.15) is 0 Å². The number of unbranched alkanes of at least 4 members (excludes halogenated alkanes) is 3. The molecule has 0 aliphatic heterocycles. The molecule has 16 heavy (non-hydrogen) atoms. The smallest absolute Gasteiger partial charge is 0.303 e. The lowest BCUT2D eigenvalue weighted by Crippen LogP contribution is -1.66. The number of phosphoric acid groups is 2. The van der Waals surface area contributed by atoms with Gasteiger partial charge in [-0.2, -0.15) is 0 Å². The molecule has 0 aromatic rings. The van der Waals surface area contributed by atoms with Crippen LogP contribution in [0.15, 0.2) is 0 Å². The van der Waals surface area contributed by atoms with Crippen molar-refractivity contribution in [2.75, 3.05) is 0 Å². The van der Waals surface area contributed by atoms with Crippen LogP contribution in [0.25, 0.3) is 0 Å². The first-order chi connectivity index (χ1) is 6.91. The summed E-state index contributed by atoms with van der Waals surface area (Å²) in [4.78, 5) is 43.1. The summed E-state index contributed by atoms with van der Waals surface area (Å²) in [5, 5.41) is 0. The van der Waals surface area contributed by atoms with Crippen molar-refractivity contribution in [2.45, 2.75) is 39.5 Å². The van der Waals surface area contributed by atoms with E-state index in [1.54, 1.807) is 0 Å². The third-order valence-corrected chi connectivity index (χ3v) is 0.957. The van der Waals surface area contributed by atoms with Crippen molar-refractivity contribution < 1.29 is 38.5 Å². The maximum Gasteiger partial charge on any atom is 0.466 e. The first kappa shape index (κ1) is 21.5. The summed E-state index contributed by atoms with van der Waals surface area (Å²) in [7, 11) is -9.28. The quantitative estimate of drug-likeness (QED) is 0.327. The first-order valence-corrected chi connectivity index (χ1v) is 7.61. The molecule has 0 heterocycles. The largest absolute Gasteiger partial charge is 0.466 e. The Morgan fingerprint density at radius 3 is 0.875 bits per heavy atom. The van der Waals surface area contributed by atoms with Gasteiger partial charge >= 0.3 is 15.6 Å². The molecule has 0 aromatic carbocycles. The monoisotopic (exact) mass is 282 g/mol. The van der Waals surface area contributed by atoms with Crippen molar-refractivity contribution in [1.82, 2.24) is 0 Å². The maximum absolute atomic E-state index is 8.88. The zero-order chi connectivity index (χ0) is 13.8. The van der Waals surface area contributed by atoms with E-state index in [4.69, 9.17) is 38.5 Å². The molecule has 0 bridgehead atoms. The van der Waals surface area contributed by atoms with E-state index in [0.29, 0.717) is 0 Å². The molecule has 0 rings (SSSR count). The highest BCUT2D eigenvalue weighted by Gasteiger charge is 2.00. The molecule has 8 nitrogen and oxygen atoms in total. The molecule has 0 atom stereocenters. The predicted octanol–water partition coefficient (Wildman–Crippen LogP) is 0.729. The van der Waals surface area contributed by atoms with Crippen LogP contribution in [0.5, 0.6) is 0 Å². The second-order valence-corrected chi connectivity index (χ2v) is 4.79. The van der Waals surface area contributed by atoms with Gasteiger partial charge in [-0.15, -0.1) is 0 Å². The van der Waals surface area contributed by atoms with Crippen molar-refractivity contribution >= 4 is 15.6 Å². The van der Waals surface area contributed by atoms with Gasteiger partial charge < -0.3 is 29.4 Å². The van der Waals surface area contributed by atoms with E-state index >= 15 is 0 Å². The van der Waals surface area contributed by atoms with E-state index in [2.05, 4.69) is 13.8 Å². The third-order valence-electron chi connectivity index (χ3n) is 0.957. The van der Waals surface area contributed by atoms with Crippen molar-refractivity contribution in [3.63, 3.8) is 0 Å². The van der Waals surface area contributed by atoms with Crippen LogP contribution in [-0.2, 0) is 9.13 Å². The Balaban J connectivity index is -0.000000160. The van der Waals surface area contributed by atoms with Gasteiger partial charge in [-0.1, -0.05) is 39.5 Å². The molecule has 0 aliphatic rings. The highest BCUT2D eigenvalue weighted by Crippen LogP contribution is 2.26. The highest BCUT2D eigenvalue weighted by atomic mass is 31.2. The fourth-order valence-corrected chi connectivity index (χ4v) is 0.500. The van der Waals surface area contributed by atoms with E-state index < -0.39 is 15.6 Å². The van der Waals surface area contributed by atoms with Crippen LogP contribution in [0.4, 0.5) is 0 Å². The summed E-state index contributed by atoms with van der Waals surface area (Å²) in [6.45, 7) is 4.46. The summed E-state index contributed by atoms with van der Waals surface area (Å²) >= 11 is 0. The normalized spacial score (nSPS) is 10.8. The summed E-state index contributed by atoms with van der Waals surface area (Å²) in [5.41, 5.74) is 0. The fraction of sp³-hybridized carbons (Fsp3) is 1.00. The molecule has 0 fully saturated rings. The van der Waals surface area contributed by atoms with E-state index in [1.807, 2.05) is 0 Å². The first-order valence-electron chi connectivity index (χ1n) is 4.48. The molecule has 0 saturated carbocycles. The van der Waals surface area contributed by atoms with Gasteiger partial charge in [0, 0.05) is 0 Å². The van der Waals surface area contributed by atoms with Crippen LogP contribution in [0.3, 0.4) is 0 Å². The molecular weight excluding hydrogens is 262 g/mol. The molecule has 0 radical (unpaired) electrons. The van der Waals surface area contributed by atoms with Crippen LogP contribution in [0.1, 0.15) is 39.5 Å². The molecule has 10 heteroatoms. The average molecular weight is 282 g/mol. The molecule has 0 spiro atoms. The second kappa shape index (κ2) is 11.7. The minimum absolute atomic E-state index is 1.36. The molecule has 0 unspecified atom stereocenters. The van der Waals surface area contributed by atoms with Gasteiger partial charge in [0.2, 0.25) is 0 Å². The lowest BCUT2D eigenvalue weighted by molar-refractivity contribution is 0.272. The van der Waals surface area contributed by atoms with Crippen LogP contribution in [-0.4, -0.2) is 29.4 Å². The van der Waals surface area contributed by atoms with Crippen LogP contribution in [0.2, 0.25) is 0 Å². The Hall–Kier alpha value is 0.220. The van der Waals surface area contributed by atoms with Gasteiger partial charge in [0.25, 0.3) is 0 Å². The Kier molecular flexibility index (Phi) is 15.7. The number of rotatable bonds is 3. The van der Waals surface area contributed by atoms with Gasteiger partial charge in [-0.3, -0.25) is 0 Å². The Morgan fingerprint density at radius 2 is 0.812 bits per heavy atom. The molecule has 6 N–H and O–H groups in total. The third kappa shape index (κ3) is 240. The number of hydrogen-bond acceptors (Lipinski definition) is 2. The highest BCUT2D eigenvalue weighted by molar-refractivity contribution is 7.45. The minimum Gasteiger partial charge on any atom is -0.303 e. The summed E-state index contributed by atoms with van der Waals surface area (Å²) < 4.78 is 17.8. The topological polar surface area (TPSA) is 156 Å². The van der Waals surface area contributed by atoms with E-state index in [1.165, 1.54) is 25.7 Å². The van der Waals surface area contributed by atoms with Gasteiger partial charge in [-0.05, 0) is 0 Å². The second-order valence-electron chi connectivity index (χ2n) is 2.73. The molecular formula is C6H20O8P2. The Morgan fingerprint density at radius 1 is 0.688 bits per heavy atom. The summed E-state index contributed by atoms with van der Waals surface area (Å²) in [5.74, 6) is 0. The molecule has 0 amide bonds. The average Bonchev–Trinajstić information content (AvgIpc) is 1.94.